The van der Waals surface area contributed by atoms with Crippen molar-refractivity contribution in [2.24, 2.45) is 0 Å². The van der Waals surface area contributed by atoms with E-state index in [1.165, 1.54) is 0 Å². The molecule has 6 rings (SSSR count). The molecule has 0 aliphatic heterocycles. The first-order valence-corrected chi connectivity index (χ1v) is 15.4. The predicted octanol–water partition coefficient (Wildman–Crippen LogP) is 6.88. The number of aromatic nitrogens is 4. The second-order valence-electron chi connectivity index (χ2n) is 12.9. The molecule has 1 aliphatic carbocycles. The number of pyridine rings is 2. The maximum absolute atomic E-state index is 12.7. The van der Waals surface area contributed by atoms with Gasteiger partial charge in [-0.15, -0.1) is 10.2 Å². The van der Waals surface area contributed by atoms with E-state index in [0.29, 0.717) is 5.95 Å². The summed E-state index contributed by atoms with van der Waals surface area (Å²) in [7, 11) is 4.16. The zero-order valence-electron chi connectivity index (χ0n) is 26.2. The van der Waals surface area contributed by atoms with E-state index in [-0.39, 0.29) is 6.09 Å². The number of rotatable bonds is 9. The fourth-order valence-electron chi connectivity index (χ4n) is 5.84. The quantitative estimate of drug-likeness (QED) is 0.180. The van der Waals surface area contributed by atoms with E-state index in [9.17, 15) is 4.79 Å². The highest BCUT2D eigenvalue weighted by Gasteiger charge is 2.41. The first kappa shape index (κ1) is 29.6. The minimum absolute atomic E-state index is 0.379. The summed E-state index contributed by atoms with van der Waals surface area (Å²) in [6.45, 7) is 7.43. The molecule has 5 aromatic rings. The van der Waals surface area contributed by atoms with Gasteiger partial charge in [0.1, 0.15) is 5.60 Å². The van der Waals surface area contributed by atoms with E-state index >= 15 is 0 Å². The number of nitrogens with one attached hydrogen (secondary N) is 2. The van der Waals surface area contributed by atoms with Crippen LogP contribution in [0.15, 0.2) is 72.8 Å². The van der Waals surface area contributed by atoms with E-state index < -0.39 is 11.1 Å². The summed E-state index contributed by atoms with van der Waals surface area (Å²) in [5.74, 6) is 0.713. The van der Waals surface area contributed by atoms with E-state index in [1.807, 2.05) is 51.1 Å². The Hall–Kier alpha value is -4.50. The average molecular weight is 592 g/mol. The summed E-state index contributed by atoms with van der Waals surface area (Å²) in [6.07, 6.45) is 3.45. The van der Waals surface area contributed by atoms with Gasteiger partial charge in [0.2, 0.25) is 5.95 Å². The van der Waals surface area contributed by atoms with Crippen molar-refractivity contribution >= 4 is 28.7 Å². The summed E-state index contributed by atoms with van der Waals surface area (Å²) < 4.78 is 7.64. The molecule has 0 saturated heterocycles. The van der Waals surface area contributed by atoms with Crippen LogP contribution < -0.4 is 10.6 Å². The summed E-state index contributed by atoms with van der Waals surface area (Å²) in [5.41, 5.74) is 6.70. The average Bonchev–Trinajstić information content (AvgIpc) is 3.39. The Morgan fingerprint density at radius 1 is 0.977 bits per heavy atom. The largest absolute Gasteiger partial charge is 0.444 e. The fourth-order valence-corrected chi connectivity index (χ4v) is 5.84. The Morgan fingerprint density at radius 2 is 1.73 bits per heavy atom. The molecule has 44 heavy (non-hydrogen) atoms. The van der Waals surface area contributed by atoms with Gasteiger partial charge in [0.05, 0.1) is 22.3 Å². The van der Waals surface area contributed by atoms with E-state index in [4.69, 9.17) is 9.72 Å². The van der Waals surface area contributed by atoms with E-state index in [2.05, 4.69) is 86.7 Å². The molecular formula is C35H41N7O2. The maximum atomic E-state index is 12.7. The zero-order chi connectivity index (χ0) is 30.9. The van der Waals surface area contributed by atoms with Gasteiger partial charge in [0.25, 0.3) is 0 Å². The lowest BCUT2D eigenvalue weighted by Crippen LogP contribution is -2.52. The number of anilines is 1. The van der Waals surface area contributed by atoms with Crippen LogP contribution in [0.3, 0.4) is 0 Å². The molecule has 0 unspecified atom stereocenters. The predicted molar refractivity (Wildman–Crippen MR) is 176 cm³/mol. The minimum Gasteiger partial charge on any atom is -0.444 e. The smallest absolute Gasteiger partial charge is 0.408 e. The van der Waals surface area contributed by atoms with Crippen LogP contribution in [0.2, 0.25) is 0 Å². The summed E-state index contributed by atoms with van der Waals surface area (Å²) >= 11 is 0. The Morgan fingerprint density at radius 3 is 2.39 bits per heavy atom. The van der Waals surface area contributed by atoms with Crippen molar-refractivity contribution in [2.75, 3.05) is 32.5 Å². The molecule has 9 nitrogen and oxygen atoms in total. The SMILES string of the molecule is CN(C)CCCNc1nnc2ccc3nc(-c4ccc(C5(NC(=O)OC(C)(C)C)CCC5)cc4)c(-c4ccccc4)cc3n12. The van der Waals surface area contributed by atoms with Crippen molar-refractivity contribution in [3.63, 3.8) is 0 Å². The highest BCUT2D eigenvalue weighted by Crippen LogP contribution is 2.42. The Bertz CT molecular complexity index is 1770. The van der Waals surface area contributed by atoms with Crippen LogP contribution in [0.25, 0.3) is 39.1 Å². The van der Waals surface area contributed by atoms with Gasteiger partial charge in [-0.1, -0.05) is 54.6 Å². The molecule has 1 aliphatic rings. The van der Waals surface area contributed by atoms with Crippen LogP contribution in [-0.2, 0) is 10.3 Å². The fraction of sp³-hybridized carbons (Fsp3) is 0.371. The number of carbonyl (C=O) groups excluding carboxylic acids is 1. The van der Waals surface area contributed by atoms with E-state index in [1.54, 1.807) is 0 Å². The van der Waals surface area contributed by atoms with Gasteiger partial charge in [0.15, 0.2) is 5.65 Å². The van der Waals surface area contributed by atoms with Gasteiger partial charge in [-0.3, -0.25) is 4.40 Å². The Balaban J connectivity index is 1.38. The number of hydrogen-bond donors (Lipinski definition) is 2. The molecule has 0 atom stereocenters. The molecular weight excluding hydrogens is 550 g/mol. The van der Waals surface area contributed by atoms with Crippen LogP contribution in [0, 0.1) is 0 Å². The molecule has 2 N–H and O–H groups in total. The van der Waals surface area contributed by atoms with Crippen LogP contribution in [0.5, 0.6) is 0 Å². The van der Waals surface area contributed by atoms with Crippen molar-refractivity contribution in [3.8, 4) is 22.4 Å². The molecule has 0 spiro atoms. The molecule has 1 saturated carbocycles. The topological polar surface area (TPSA) is 96.7 Å². The molecule has 1 fully saturated rings. The van der Waals surface area contributed by atoms with Gasteiger partial charge in [-0.05, 0) is 96.4 Å². The highest BCUT2D eigenvalue weighted by atomic mass is 16.6. The molecule has 228 valence electrons. The Labute approximate surface area is 258 Å². The number of benzene rings is 2. The number of alkyl carbamates (subject to hydrolysis) is 1. The lowest BCUT2D eigenvalue weighted by molar-refractivity contribution is 0.0377. The summed E-state index contributed by atoms with van der Waals surface area (Å²) in [4.78, 5) is 20.1. The third-order valence-corrected chi connectivity index (χ3v) is 8.16. The minimum atomic E-state index is -0.546. The molecule has 3 heterocycles. The standard InChI is InChI=1S/C35H41N7O2/c1-34(2,3)44-33(43)38-35(19-9-20-35)26-15-13-25(14-16-26)31-27(24-11-7-6-8-12-24)23-29-28(37-31)17-18-30-39-40-32(42(29)30)36-21-10-22-41(4)5/h6-8,11-18,23H,9-10,19-22H2,1-5H3,(H,36,40)(H,38,43). The van der Waals surface area contributed by atoms with E-state index in [0.717, 1.165) is 83.4 Å². The monoisotopic (exact) mass is 591 g/mol. The molecule has 0 bridgehead atoms. The normalized spacial score (nSPS) is 14.5. The lowest BCUT2D eigenvalue weighted by atomic mass is 9.71. The van der Waals surface area contributed by atoms with Crippen molar-refractivity contribution in [1.82, 2.24) is 29.8 Å². The Kier molecular flexibility index (Phi) is 7.98. The molecule has 3 aromatic heterocycles. The number of nitrogens with zero attached hydrogens (tertiary/aromatic N) is 5. The molecule has 0 radical (unpaired) electrons. The number of fused-ring (bicyclic) bond motifs is 3. The van der Waals surface area contributed by atoms with Crippen molar-refractivity contribution in [3.05, 3.63) is 78.4 Å². The van der Waals surface area contributed by atoms with Crippen molar-refractivity contribution in [1.29, 1.82) is 0 Å². The van der Waals surface area contributed by atoms with Crippen molar-refractivity contribution in [2.45, 2.75) is 57.6 Å². The maximum Gasteiger partial charge on any atom is 0.408 e. The van der Waals surface area contributed by atoms with Gasteiger partial charge in [-0.2, -0.15) is 0 Å². The molecule has 9 heteroatoms. The first-order valence-electron chi connectivity index (χ1n) is 15.4. The van der Waals surface area contributed by atoms with Crippen molar-refractivity contribution < 1.29 is 9.53 Å². The number of carbonyl (C=O) groups is 1. The van der Waals surface area contributed by atoms with Crippen LogP contribution in [-0.4, -0.2) is 63.4 Å². The second kappa shape index (κ2) is 11.9. The van der Waals surface area contributed by atoms with Crippen LogP contribution >= 0.6 is 0 Å². The third kappa shape index (κ3) is 6.10. The van der Waals surface area contributed by atoms with Gasteiger partial charge in [0, 0.05) is 17.7 Å². The number of ether oxygens (including phenoxy) is 1. The van der Waals surface area contributed by atoms with Gasteiger partial charge < -0.3 is 20.3 Å². The summed E-state index contributed by atoms with van der Waals surface area (Å²) in [6, 6.07) is 25.0. The molecule has 1 amide bonds. The third-order valence-electron chi connectivity index (χ3n) is 8.16. The summed E-state index contributed by atoms with van der Waals surface area (Å²) in [5, 5.41) is 15.5. The molecule has 2 aromatic carbocycles. The van der Waals surface area contributed by atoms with Gasteiger partial charge >= 0.3 is 6.09 Å². The number of hydrogen-bond acceptors (Lipinski definition) is 7. The van der Waals surface area contributed by atoms with Crippen LogP contribution in [0.4, 0.5) is 10.7 Å². The lowest BCUT2D eigenvalue weighted by Gasteiger charge is -2.43. The highest BCUT2D eigenvalue weighted by molar-refractivity contribution is 5.91. The van der Waals surface area contributed by atoms with Gasteiger partial charge in [-0.25, -0.2) is 9.78 Å². The zero-order valence-corrected chi connectivity index (χ0v) is 26.2. The number of amides is 1. The second-order valence-corrected chi connectivity index (χ2v) is 12.9. The van der Waals surface area contributed by atoms with Crippen LogP contribution in [0.1, 0.15) is 52.0 Å². The first-order chi connectivity index (χ1) is 21.1.